The zero-order valence-electron chi connectivity index (χ0n) is 10.4. The van der Waals surface area contributed by atoms with Crippen molar-refractivity contribution in [2.45, 2.75) is 6.92 Å². The molecule has 0 aliphatic carbocycles. The van der Waals surface area contributed by atoms with Crippen molar-refractivity contribution >= 4 is 22.4 Å². The van der Waals surface area contributed by atoms with Gasteiger partial charge >= 0.3 is 0 Å². The molecule has 4 heteroatoms. The predicted octanol–water partition coefficient (Wildman–Crippen LogP) is 3.39. The van der Waals surface area contributed by atoms with E-state index < -0.39 is 0 Å². The maximum absolute atomic E-state index is 11.9. The molecule has 0 spiro atoms. The lowest BCUT2D eigenvalue weighted by atomic mass is 10.1. The van der Waals surface area contributed by atoms with Crippen molar-refractivity contribution < 1.29 is 9.32 Å². The van der Waals surface area contributed by atoms with E-state index in [0.29, 0.717) is 5.76 Å². The molecule has 1 N–H and O–H groups in total. The zero-order valence-corrected chi connectivity index (χ0v) is 10.4. The largest absolute Gasteiger partial charge is 0.361 e. The maximum atomic E-state index is 11.9. The second-order valence-electron chi connectivity index (χ2n) is 4.34. The summed E-state index contributed by atoms with van der Waals surface area (Å²) in [6.45, 7) is 1.75. The van der Waals surface area contributed by atoms with Crippen LogP contribution in [0.2, 0.25) is 0 Å². The Kier molecular flexibility index (Phi) is 2.76. The average molecular weight is 252 g/mol. The van der Waals surface area contributed by atoms with Gasteiger partial charge in [-0.1, -0.05) is 35.5 Å². The predicted molar refractivity (Wildman–Crippen MR) is 73.1 cm³/mol. The number of hydrogen-bond acceptors (Lipinski definition) is 3. The van der Waals surface area contributed by atoms with Crippen LogP contribution in [-0.4, -0.2) is 11.1 Å². The minimum Gasteiger partial charge on any atom is -0.361 e. The molecule has 0 aliphatic rings. The van der Waals surface area contributed by atoms with E-state index in [4.69, 9.17) is 4.52 Å². The van der Waals surface area contributed by atoms with Crippen molar-refractivity contribution in [2.75, 3.05) is 5.32 Å². The van der Waals surface area contributed by atoms with Crippen LogP contribution in [0.15, 0.2) is 53.1 Å². The van der Waals surface area contributed by atoms with Gasteiger partial charge in [0.25, 0.3) is 5.91 Å². The lowest BCUT2D eigenvalue weighted by Gasteiger charge is -2.04. The van der Waals surface area contributed by atoms with Gasteiger partial charge in [-0.2, -0.15) is 0 Å². The highest BCUT2D eigenvalue weighted by Gasteiger charge is 2.11. The van der Waals surface area contributed by atoms with E-state index in [1.54, 1.807) is 13.0 Å². The highest BCUT2D eigenvalue weighted by Crippen LogP contribution is 2.19. The lowest BCUT2D eigenvalue weighted by molar-refractivity contribution is 0.101. The number of nitrogens with zero attached hydrogens (tertiary/aromatic N) is 1. The van der Waals surface area contributed by atoms with Gasteiger partial charge in [0, 0.05) is 11.8 Å². The number of aromatic nitrogens is 1. The lowest BCUT2D eigenvalue weighted by Crippen LogP contribution is -2.12. The quantitative estimate of drug-likeness (QED) is 0.760. The Morgan fingerprint density at radius 2 is 1.89 bits per heavy atom. The molecule has 2 aromatic carbocycles. The van der Waals surface area contributed by atoms with E-state index >= 15 is 0 Å². The molecular formula is C15H12N2O2. The van der Waals surface area contributed by atoms with E-state index in [0.717, 1.165) is 16.5 Å². The van der Waals surface area contributed by atoms with Crippen LogP contribution in [0.3, 0.4) is 0 Å². The zero-order chi connectivity index (χ0) is 13.2. The van der Waals surface area contributed by atoms with Crippen molar-refractivity contribution in [3.05, 3.63) is 60.0 Å². The second kappa shape index (κ2) is 4.57. The smallest absolute Gasteiger partial charge is 0.277 e. The SMILES string of the molecule is Cc1cc(C(=O)Nc2ccc3ccccc3c2)no1. The highest BCUT2D eigenvalue weighted by molar-refractivity contribution is 6.03. The van der Waals surface area contributed by atoms with E-state index in [1.807, 2.05) is 42.5 Å². The van der Waals surface area contributed by atoms with Gasteiger partial charge in [0.05, 0.1) is 0 Å². The van der Waals surface area contributed by atoms with Crippen LogP contribution in [0.25, 0.3) is 10.8 Å². The molecule has 0 aliphatic heterocycles. The Labute approximate surface area is 110 Å². The molecule has 94 valence electrons. The molecule has 0 saturated heterocycles. The number of hydrogen-bond donors (Lipinski definition) is 1. The molecule has 4 nitrogen and oxygen atoms in total. The van der Waals surface area contributed by atoms with Gasteiger partial charge in [-0.3, -0.25) is 4.79 Å². The molecule has 3 aromatic rings. The molecule has 0 fully saturated rings. The molecule has 0 atom stereocenters. The van der Waals surface area contributed by atoms with E-state index in [1.165, 1.54) is 0 Å². The normalized spacial score (nSPS) is 10.6. The summed E-state index contributed by atoms with van der Waals surface area (Å²) in [5.74, 6) is 0.343. The van der Waals surface area contributed by atoms with Crippen molar-refractivity contribution in [3.8, 4) is 0 Å². The average Bonchev–Trinajstić information content (AvgIpc) is 2.85. The number of anilines is 1. The second-order valence-corrected chi connectivity index (χ2v) is 4.34. The first-order chi connectivity index (χ1) is 9.22. The highest BCUT2D eigenvalue weighted by atomic mass is 16.5. The molecule has 0 bridgehead atoms. The fourth-order valence-electron chi connectivity index (χ4n) is 1.94. The minimum absolute atomic E-state index is 0.271. The monoisotopic (exact) mass is 252 g/mol. The van der Waals surface area contributed by atoms with Crippen molar-refractivity contribution in [1.29, 1.82) is 0 Å². The summed E-state index contributed by atoms with van der Waals surface area (Å²) >= 11 is 0. The number of carbonyl (C=O) groups is 1. The Hall–Kier alpha value is -2.62. The Bertz CT molecular complexity index is 746. The van der Waals surface area contributed by atoms with Gasteiger partial charge in [0.2, 0.25) is 0 Å². The standard InChI is InChI=1S/C15H12N2O2/c1-10-8-14(17-19-10)15(18)16-13-7-6-11-4-2-3-5-12(11)9-13/h2-9H,1H3,(H,16,18). The third kappa shape index (κ3) is 2.33. The van der Waals surface area contributed by atoms with Gasteiger partial charge in [0.1, 0.15) is 5.76 Å². The fourth-order valence-corrected chi connectivity index (χ4v) is 1.94. The molecular weight excluding hydrogens is 240 g/mol. The minimum atomic E-state index is -0.271. The fraction of sp³-hybridized carbons (Fsp3) is 0.0667. The van der Waals surface area contributed by atoms with E-state index in [9.17, 15) is 4.79 Å². The molecule has 1 heterocycles. The van der Waals surface area contributed by atoms with E-state index in [2.05, 4.69) is 10.5 Å². The number of nitrogens with one attached hydrogen (secondary N) is 1. The summed E-state index contributed by atoms with van der Waals surface area (Å²) in [6, 6.07) is 15.4. The van der Waals surface area contributed by atoms with Crippen molar-refractivity contribution in [3.63, 3.8) is 0 Å². The van der Waals surface area contributed by atoms with Gasteiger partial charge in [-0.05, 0) is 29.8 Å². The summed E-state index contributed by atoms with van der Waals surface area (Å²) in [7, 11) is 0. The molecule has 19 heavy (non-hydrogen) atoms. The van der Waals surface area contributed by atoms with Crippen LogP contribution in [-0.2, 0) is 0 Å². The Morgan fingerprint density at radius 1 is 1.11 bits per heavy atom. The van der Waals surface area contributed by atoms with Crippen LogP contribution in [0.5, 0.6) is 0 Å². The number of benzene rings is 2. The molecule has 0 unspecified atom stereocenters. The number of amides is 1. The Morgan fingerprint density at radius 3 is 2.63 bits per heavy atom. The topological polar surface area (TPSA) is 55.1 Å². The first-order valence-electron chi connectivity index (χ1n) is 5.96. The van der Waals surface area contributed by atoms with Crippen LogP contribution in [0.4, 0.5) is 5.69 Å². The summed E-state index contributed by atoms with van der Waals surface area (Å²) in [6.07, 6.45) is 0. The molecule has 0 radical (unpaired) electrons. The van der Waals surface area contributed by atoms with Gasteiger partial charge in [-0.15, -0.1) is 0 Å². The molecule has 1 amide bonds. The van der Waals surface area contributed by atoms with Crippen LogP contribution in [0.1, 0.15) is 16.2 Å². The summed E-state index contributed by atoms with van der Waals surface area (Å²) in [4.78, 5) is 11.9. The Balaban J connectivity index is 1.87. The molecule has 3 rings (SSSR count). The van der Waals surface area contributed by atoms with Gasteiger partial charge < -0.3 is 9.84 Å². The summed E-state index contributed by atoms with van der Waals surface area (Å²) in [5.41, 5.74) is 1.02. The number of fused-ring (bicyclic) bond motifs is 1. The third-order valence-electron chi connectivity index (χ3n) is 2.87. The third-order valence-corrected chi connectivity index (χ3v) is 2.87. The molecule has 1 aromatic heterocycles. The van der Waals surface area contributed by atoms with Crippen LogP contribution < -0.4 is 5.32 Å². The van der Waals surface area contributed by atoms with Crippen molar-refractivity contribution in [1.82, 2.24) is 5.16 Å². The number of rotatable bonds is 2. The van der Waals surface area contributed by atoms with Gasteiger partial charge in [0.15, 0.2) is 5.69 Å². The molecule has 0 saturated carbocycles. The van der Waals surface area contributed by atoms with Crippen molar-refractivity contribution in [2.24, 2.45) is 0 Å². The van der Waals surface area contributed by atoms with Crippen LogP contribution in [0, 0.1) is 6.92 Å². The maximum Gasteiger partial charge on any atom is 0.277 e. The first kappa shape index (κ1) is 11.5. The number of aryl methyl sites for hydroxylation is 1. The summed E-state index contributed by atoms with van der Waals surface area (Å²) < 4.78 is 4.88. The van der Waals surface area contributed by atoms with Crippen LogP contribution >= 0.6 is 0 Å². The van der Waals surface area contributed by atoms with E-state index in [-0.39, 0.29) is 11.6 Å². The van der Waals surface area contributed by atoms with Gasteiger partial charge in [-0.25, -0.2) is 0 Å². The first-order valence-corrected chi connectivity index (χ1v) is 5.96. The number of carbonyl (C=O) groups excluding carboxylic acids is 1. The summed E-state index contributed by atoms with van der Waals surface area (Å²) in [5, 5.41) is 8.71.